The molecule has 0 bridgehead atoms. The average molecular weight is 450 g/mol. The summed E-state index contributed by atoms with van der Waals surface area (Å²) in [5, 5.41) is 13.3. The van der Waals surface area contributed by atoms with Crippen LogP contribution >= 0.6 is 0 Å². The molecule has 2 aliphatic rings. The Bertz CT molecular complexity index is 1620. The third-order valence-corrected chi connectivity index (χ3v) is 6.05. The van der Waals surface area contributed by atoms with Crippen molar-refractivity contribution in [3.05, 3.63) is 28.2 Å². The largest absolute Gasteiger partial charge is 0.388 e. The maximum Gasteiger partial charge on any atom is 0.255 e. The van der Waals surface area contributed by atoms with Gasteiger partial charge in [0.05, 0.1) is 19.2 Å². The third-order valence-electron chi connectivity index (χ3n) is 5.11. The Morgan fingerprint density at radius 1 is 1.43 bits per heavy atom. The summed E-state index contributed by atoms with van der Waals surface area (Å²) >= 11 is 0. The van der Waals surface area contributed by atoms with Crippen LogP contribution in [0, 0.1) is 6.85 Å². The molecule has 2 fully saturated rings. The number of anilines is 1. The zero-order valence-electron chi connectivity index (χ0n) is 29.6. The van der Waals surface area contributed by atoms with Gasteiger partial charge in [-0.25, -0.2) is 17.7 Å². The molecule has 0 spiro atoms. The molecule has 0 aromatic carbocycles. The second-order valence-corrected chi connectivity index (χ2v) is 8.63. The van der Waals surface area contributed by atoms with E-state index in [9.17, 15) is 18.3 Å². The SMILES string of the molecule is [2H]C([2H])([2H])c1cc2cnc(NC3([2H])C([2H])([2H])CN(S(=O)(=O)C([2H])([2H])[2H])CC3([2H])[2H])nc2n([C@H]2CCC[C@@]2(O)C([2H])([2H])[2H])c1=O. The number of hydrogen-bond donors (Lipinski definition) is 2. The summed E-state index contributed by atoms with van der Waals surface area (Å²) in [5.74, 6) is -0.683. The maximum atomic E-state index is 13.6. The van der Waals surface area contributed by atoms with Gasteiger partial charge in [-0.2, -0.15) is 4.98 Å². The molecule has 3 heterocycles. The number of nitrogens with zero attached hydrogens (tertiary/aromatic N) is 4. The van der Waals surface area contributed by atoms with E-state index in [1.165, 1.54) is 0 Å². The highest BCUT2D eigenvalue weighted by molar-refractivity contribution is 7.88. The molecule has 10 heteroatoms. The molecule has 4 rings (SSSR count). The summed E-state index contributed by atoms with van der Waals surface area (Å²) in [6, 6.07) is -3.61. The number of fused-ring (bicyclic) bond motifs is 1. The van der Waals surface area contributed by atoms with Crippen molar-refractivity contribution in [3.63, 3.8) is 0 Å². The van der Waals surface area contributed by atoms with Gasteiger partial charge in [-0.05, 0) is 51.8 Å². The molecule has 1 aliphatic carbocycles. The van der Waals surface area contributed by atoms with Gasteiger partial charge in [-0.15, -0.1) is 0 Å². The summed E-state index contributed by atoms with van der Waals surface area (Å²) in [7, 11) is -5.20. The Balaban J connectivity index is 1.89. The normalized spacial score (nSPS) is 38.9. The molecule has 1 aliphatic heterocycles. The van der Waals surface area contributed by atoms with E-state index >= 15 is 0 Å². The van der Waals surface area contributed by atoms with Crippen LogP contribution in [-0.2, 0) is 10.0 Å². The lowest BCUT2D eigenvalue weighted by Gasteiger charge is -2.31. The second kappa shape index (κ2) is 7.58. The molecule has 1 saturated heterocycles. The van der Waals surface area contributed by atoms with Crippen LogP contribution in [-0.4, -0.2) is 63.3 Å². The number of sulfonamides is 1. The quantitative estimate of drug-likeness (QED) is 0.725. The topological polar surface area (TPSA) is 117 Å². The number of aryl methyl sites for hydroxylation is 1. The Labute approximate surface area is 195 Å². The predicted octanol–water partition coefficient (Wildman–Crippen LogP) is 1.41. The minimum atomic E-state index is -5.20. The van der Waals surface area contributed by atoms with E-state index in [2.05, 4.69) is 15.3 Å². The van der Waals surface area contributed by atoms with Gasteiger partial charge in [-0.1, -0.05) is 0 Å². The van der Waals surface area contributed by atoms with Gasteiger partial charge in [0.15, 0.2) is 0 Å². The lowest BCUT2D eigenvalue weighted by molar-refractivity contribution is 0.0266. The summed E-state index contributed by atoms with van der Waals surface area (Å²) in [5.41, 5.74) is -4.78. The van der Waals surface area contributed by atoms with E-state index in [0.717, 1.165) is 12.3 Å². The summed E-state index contributed by atoms with van der Waals surface area (Å²) in [6.45, 7) is -8.46. The van der Waals surface area contributed by atoms with Gasteiger partial charge in [0.25, 0.3) is 5.56 Å². The van der Waals surface area contributed by atoms with Crippen molar-refractivity contribution in [2.24, 2.45) is 0 Å². The molecule has 0 radical (unpaired) electrons. The number of aromatic nitrogens is 3. The smallest absolute Gasteiger partial charge is 0.255 e. The number of piperidine rings is 1. The van der Waals surface area contributed by atoms with E-state index in [0.29, 0.717) is 4.57 Å². The van der Waals surface area contributed by atoms with Crippen molar-refractivity contribution >= 4 is 27.0 Å². The van der Waals surface area contributed by atoms with E-state index in [-0.39, 0.29) is 29.0 Å². The molecular weight excluding hydrogens is 406 g/mol. The summed E-state index contributed by atoms with van der Waals surface area (Å²) in [4.78, 5) is 21.6. The maximum absolute atomic E-state index is 13.6. The van der Waals surface area contributed by atoms with Gasteiger partial charge in [0, 0.05) is 54.1 Å². The van der Waals surface area contributed by atoms with Gasteiger partial charge < -0.3 is 10.4 Å². The van der Waals surface area contributed by atoms with Crippen LogP contribution in [0.15, 0.2) is 17.1 Å². The van der Waals surface area contributed by atoms with E-state index in [1.807, 2.05) is 0 Å². The number of rotatable bonds is 4. The van der Waals surface area contributed by atoms with Crippen molar-refractivity contribution < 1.29 is 32.7 Å². The van der Waals surface area contributed by atoms with Gasteiger partial charge in [0.1, 0.15) is 5.65 Å². The number of hydrogen-bond acceptors (Lipinski definition) is 7. The Morgan fingerprint density at radius 2 is 2.23 bits per heavy atom. The second-order valence-electron chi connectivity index (χ2n) is 7.16. The first kappa shape index (κ1) is 10.1. The third kappa shape index (κ3) is 3.95. The van der Waals surface area contributed by atoms with Crippen molar-refractivity contribution in [2.45, 2.75) is 63.4 Å². The van der Waals surface area contributed by atoms with Crippen LogP contribution in [0.5, 0.6) is 0 Å². The molecular formula is C20H29N5O4S. The monoisotopic (exact) mass is 449 g/mol. The van der Waals surface area contributed by atoms with Gasteiger partial charge in [-0.3, -0.25) is 9.36 Å². The highest BCUT2D eigenvalue weighted by atomic mass is 32.2. The van der Waals surface area contributed by atoms with Crippen molar-refractivity contribution in [3.8, 4) is 0 Å². The fraction of sp³-hybridized carbons (Fsp3) is 0.650. The van der Waals surface area contributed by atoms with Crippen LogP contribution < -0.4 is 10.9 Å². The molecule has 2 atom stereocenters. The summed E-state index contributed by atoms with van der Waals surface area (Å²) < 4.78 is 137. The first-order valence-corrected chi connectivity index (χ1v) is 10.5. The van der Waals surface area contributed by atoms with E-state index < -0.39 is 96.1 Å². The van der Waals surface area contributed by atoms with Crippen LogP contribution in [0.2, 0.25) is 0 Å². The molecule has 1 saturated carbocycles. The first-order chi connectivity index (χ1) is 19.6. The zero-order valence-corrected chi connectivity index (χ0v) is 16.5. The minimum absolute atomic E-state index is 0.0671. The van der Waals surface area contributed by atoms with Crippen LogP contribution in [0.4, 0.5) is 5.95 Å². The molecule has 0 unspecified atom stereocenters. The molecule has 164 valence electrons. The van der Waals surface area contributed by atoms with Gasteiger partial charge in [0.2, 0.25) is 16.0 Å². The van der Waals surface area contributed by atoms with Crippen LogP contribution in [0.3, 0.4) is 0 Å². The lowest BCUT2D eigenvalue weighted by atomic mass is 9.99. The number of aliphatic hydroxyl groups is 1. The standard InChI is InChI=1S/C20H29N5O4S/c1-13-11-14-12-21-19(22-15-6-9-24(10-7-15)30(3,28)29)23-17(14)25(18(13)26)16-5-4-8-20(16,2)27/h11-12,15-16,27H,4-10H2,1-3H3,(H,21,22,23)/t16-,20-/m0/s1/i1D3,2D3,3D3,6D2,7D2,15D. The fourth-order valence-corrected chi connectivity index (χ4v) is 4.07. The molecule has 2 aromatic heterocycles. The van der Waals surface area contributed by atoms with Crippen LogP contribution in [0.1, 0.15) is 69.7 Å². The number of pyridine rings is 1. The Kier molecular flexibility index (Phi) is 2.54. The van der Waals surface area contributed by atoms with Crippen molar-refractivity contribution in [1.82, 2.24) is 18.8 Å². The van der Waals surface area contributed by atoms with Gasteiger partial charge >= 0.3 is 0 Å². The Hall–Kier alpha value is -2.04. The van der Waals surface area contributed by atoms with Crippen molar-refractivity contribution in [2.75, 3.05) is 24.6 Å². The zero-order chi connectivity index (χ0) is 33.7. The fourth-order valence-electron chi connectivity index (χ4n) is 3.61. The molecule has 2 N–H and O–H groups in total. The first-order valence-electron chi connectivity index (χ1n) is 16.0. The predicted molar refractivity (Wildman–Crippen MR) is 115 cm³/mol. The number of nitrogens with one attached hydrogen (secondary N) is 1. The molecule has 2 aromatic rings. The highest BCUT2D eigenvalue weighted by Crippen LogP contribution is 2.39. The molecule has 30 heavy (non-hydrogen) atoms. The molecule has 0 amide bonds. The van der Waals surface area contributed by atoms with E-state index in [4.69, 9.17) is 19.2 Å². The Morgan fingerprint density at radius 3 is 2.93 bits per heavy atom. The summed E-state index contributed by atoms with van der Waals surface area (Å²) in [6.07, 6.45) is -9.09. The highest BCUT2D eigenvalue weighted by Gasteiger charge is 2.39. The minimum Gasteiger partial charge on any atom is -0.388 e. The average Bonchev–Trinajstić information content (AvgIpc) is 3.23. The van der Waals surface area contributed by atoms with E-state index in [1.54, 1.807) is 0 Å². The lowest BCUT2D eigenvalue weighted by Crippen LogP contribution is -2.42. The van der Waals surface area contributed by atoms with Crippen LogP contribution in [0.25, 0.3) is 11.0 Å². The molecule has 9 nitrogen and oxygen atoms in total. The van der Waals surface area contributed by atoms with Crippen molar-refractivity contribution in [1.29, 1.82) is 0 Å².